The Bertz CT molecular complexity index is 784. The summed E-state index contributed by atoms with van der Waals surface area (Å²) in [6.07, 6.45) is 5.46. The molecule has 3 rings (SSSR count). The smallest absolute Gasteiger partial charge is 0.147 e. The predicted molar refractivity (Wildman–Crippen MR) is 81.6 cm³/mol. The molecule has 0 saturated heterocycles. The maximum absolute atomic E-state index is 5.53. The van der Waals surface area contributed by atoms with Crippen LogP contribution in [-0.4, -0.2) is 14.5 Å². The number of nitrogens with zero attached hydrogens (tertiary/aromatic N) is 3. The lowest BCUT2D eigenvalue weighted by Gasteiger charge is -2.08. The molecule has 0 fully saturated rings. The number of aromatic nitrogens is 3. The number of hydrogen-bond acceptors (Lipinski definition) is 3. The van der Waals surface area contributed by atoms with Gasteiger partial charge in [-0.1, -0.05) is 34.2 Å². The molecule has 0 aliphatic heterocycles. The number of benzene rings is 1. The Morgan fingerprint density at radius 3 is 2.74 bits per heavy atom. The molecule has 0 unspecified atom stereocenters. The molecule has 3 aromatic rings. The minimum absolute atomic E-state index is 0.589. The van der Waals surface area contributed by atoms with Crippen molar-refractivity contribution in [2.75, 3.05) is 0 Å². The van der Waals surface area contributed by atoms with Crippen molar-refractivity contribution in [3.8, 4) is 0 Å². The SMILES string of the molecule is S=c1c2ccc(Br)cc2ccn1Cc1ncccn1. The van der Waals surface area contributed by atoms with Crippen molar-refractivity contribution in [2.45, 2.75) is 6.54 Å². The molecule has 0 aliphatic carbocycles. The molecule has 5 heteroatoms. The molecular formula is C14H10BrN3S. The second-order valence-corrected chi connectivity index (χ2v) is 5.45. The van der Waals surface area contributed by atoms with Gasteiger partial charge in [0, 0.05) is 28.4 Å². The van der Waals surface area contributed by atoms with Crippen LogP contribution < -0.4 is 0 Å². The zero-order valence-corrected chi connectivity index (χ0v) is 12.4. The van der Waals surface area contributed by atoms with Gasteiger partial charge >= 0.3 is 0 Å². The summed E-state index contributed by atoms with van der Waals surface area (Å²) in [4.78, 5) is 8.45. The average molecular weight is 332 g/mol. The van der Waals surface area contributed by atoms with E-state index in [4.69, 9.17) is 12.2 Å². The second-order valence-electron chi connectivity index (χ2n) is 4.15. The van der Waals surface area contributed by atoms with E-state index in [9.17, 15) is 0 Å². The van der Waals surface area contributed by atoms with Crippen molar-refractivity contribution in [3.05, 3.63) is 63.9 Å². The first-order chi connectivity index (χ1) is 9.24. The van der Waals surface area contributed by atoms with Crippen LogP contribution in [0.3, 0.4) is 0 Å². The molecular weight excluding hydrogens is 322 g/mol. The van der Waals surface area contributed by atoms with Gasteiger partial charge in [0.05, 0.1) is 6.54 Å². The highest BCUT2D eigenvalue weighted by atomic mass is 79.9. The van der Waals surface area contributed by atoms with Gasteiger partial charge in [0.2, 0.25) is 0 Å². The molecule has 3 nitrogen and oxygen atoms in total. The van der Waals surface area contributed by atoms with Gasteiger partial charge in [0.25, 0.3) is 0 Å². The van der Waals surface area contributed by atoms with E-state index in [0.717, 1.165) is 25.7 Å². The number of halogens is 1. The fourth-order valence-corrected chi connectivity index (χ4v) is 2.64. The molecule has 19 heavy (non-hydrogen) atoms. The minimum atomic E-state index is 0.589. The molecule has 0 aliphatic rings. The van der Waals surface area contributed by atoms with Crippen molar-refractivity contribution in [1.82, 2.24) is 14.5 Å². The molecule has 0 N–H and O–H groups in total. The Hall–Kier alpha value is -1.59. The van der Waals surface area contributed by atoms with Gasteiger partial charge in [-0.05, 0) is 29.7 Å². The van der Waals surface area contributed by atoms with Crippen LogP contribution in [0.4, 0.5) is 0 Å². The van der Waals surface area contributed by atoms with E-state index in [1.807, 2.05) is 22.9 Å². The van der Waals surface area contributed by atoms with Crippen LogP contribution in [-0.2, 0) is 6.54 Å². The van der Waals surface area contributed by atoms with Gasteiger partial charge in [-0.3, -0.25) is 0 Å². The van der Waals surface area contributed by atoms with Crippen LogP contribution >= 0.6 is 28.1 Å². The summed E-state index contributed by atoms with van der Waals surface area (Å²) in [5.41, 5.74) is 0. The molecule has 94 valence electrons. The molecule has 2 aromatic heterocycles. The third kappa shape index (κ3) is 2.57. The third-order valence-corrected chi connectivity index (χ3v) is 3.82. The molecule has 1 aromatic carbocycles. The van der Waals surface area contributed by atoms with Crippen molar-refractivity contribution in [3.63, 3.8) is 0 Å². The summed E-state index contributed by atoms with van der Waals surface area (Å²) in [5.74, 6) is 0.759. The normalized spacial score (nSPS) is 10.8. The van der Waals surface area contributed by atoms with E-state index < -0.39 is 0 Å². The Morgan fingerprint density at radius 1 is 1.16 bits per heavy atom. The van der Waals surface area contributed by atoms with E-state index in [1.54, 1.807) is 18.5 Å². The first-order valence-corrected chi connectivity index (χ1v) is 6.99. The fourth-order valence-electron chi connectivity index (χ4n) is 1.95. The summed E-state index contributed by atoms with van der Waals surface area (Å²) >= 11 is 9.00. The number of fused-ring (bicyclic) bond motifs is 1. The summed E-state index contributed by atoms with van der Waals surface area (Å²) in [6, 6.07) is 9.96. The Balaban J connectivity index is 2.08. The monoisotopic (exact) mass is 331 g/mol. The van der Waals surface area contributed by atoms with E-state index in [2.05, 4.69) is 38.0 Å². The van der Waals surface area contributed by atoms with E-state index in [0.29, 0.717) is 6.54 Å². The maximum Gasteiger partial charge on any atom is 0.147 e. The Kier molecular flexibility index (Phi) is 3.40. The van der Waals surface area contributed by atoms with Crippen LogP contribution in [0.1, 0.15) is 5.82 Å². The summed E-state index contributed by atoms with van der Waals surface area (Å²) in [6.45, 7) is 0.589. The van der Waals surface area contributed by atoms with Gasteiger partial charge in [-0.2, -0.15) is 0 Å². The second kappa shape index (κ2) is 5.19. The van der Waals surface area contributed by atoms with E-state index >= 15 is 0 Å². The first kappa shape index (κ1) is 12.4. The van der Waals surface area contributed by atoms with Gasteiger partial charge in [0.1, 0.15) is 10.5 Å². The Morgan fingerprint density at radius 2 is 1.95 bits per heavy atom. The standard InChI is InChI=1S/C14H10BrN3S/c15-11-2-3-12-10(8-11)4-7-18(14(12)19)9-13-16-5-1-6-17-13/h1-8H,9H2. The average Bonchev–Trinajstić information content (AvgIpc) is 2.43. The lowest BCUT2D eigenvalue weighted by atomic mass is 10.2. The van der Waals surface area contributed by atoms with Crippen LogP contribution in [0.2, 0.25) is 0 Å². The lowest BCUT2D eigenvalue weighted by molar-refractivity contribution is 0.734. The van der Waals surface area contributed by atoms with Crippen molar-refractivity contribution < 1.29 is 0 Å². The summed E-state index contributed by atoms with van der Waals surface area (Å²) in [5, 5.41) is 2.20. The van der Waals surface area contributed by atoms with E-state index in [1.165, 1.54) is 0 Å². The maximum atomic E-state index is 5.53. The molecule has 0 bridgehead atoms. The highest BCUT2D eigenvalue weighted by molar-refractivity contribution is 9.10. The Labute approximate surface area is 124 Å². The van der Waals surface area contributed by atoms with Crippen LogP contribution in [0, 0.1) is 4.64 Å². The molecule has 0 atom stereocenters. The minimum Gasteiger partial charge on any atom is -0.331 e. The molecule has 0 saturated carbocycles. The van der Waals surface area contributed by atoms with Crippen LogP contribution in [0.15, 0.2) is 53.4 Å². The zero-order chi connectivity index (χ0) is 13.2. The highest BCUT2D eigenvalue weighted by Crippen LogP contribution is 2.20. The number of hydrogen-bond donors (Lipinski definition) is 0. The summed E-state index contributed by atoms with van der Waals surface area (Å²) in [7, 11) is 0. The van der Waals surface area contributed by atoms with Gasteiger partial charge < -0.3 is 4.57 Å². The van der Waals surface area contributed by atoms with Crippen molar-refractivity contribution in [2.24, 2.45) is 0 Å². The van der Waals surface area contributed by atoms with E-state index in [-0.39, 0.29) is 0 Å². The van der Waals surface area contributed by atoms with Crippen LogP contribution in [0.5, 0.6) is 0 Å². The van der Waals surface area contributed by atoms with Gasteiger partial charge in [0.15, 0.2) is 0 Å². The van der Waals surface area contributed by atoms with Crippen molar-refractivity contribution >= 4 is 38.9 Å². The predicted octanol–water partition coefficient (Wildman–Crippen LogP) is 3.97. The molecule has 0 amide bonds. The molecule has 2 heterocycles. The molecule has 0 radical (unpaired) electrons. The summed E-state index contributed by atoms with van der Waals surface area (Å²) < 4.78 is 3.84. The molecule has 0 spiro atoms. The number of pyridine rings is 1. The lowest BCUT2D eigenvalue weighted by Crippen LogP contribution is -2.05. The highest BCUT2D eigenvalue weighted by Gasteiger charge is 2.02. The largest absolute Gasteiger partial charge is 0.331 e. The van der Waals surface area contributed by atoms with Gasteiger partial charge in [-0.15, -0.1) is 0 Å². The van der Waals surface area contributed by atoms with Gasteiger partial charge in [-0.25, -0.2) is 9.97 Å². The first-order valence-electron chi connectivity index (χ1n) is 5.79. The fraction of sp³-hybridized carbons (Fsp3) is 0.0714. The zero-order valence-electron chi connectivity index (χ0n) is 9.95. The topological polar surface area (TPSA) is 30.7 Å². The van der Waals surface area contributed by atoms with Crippen molar-refractivity contribution in [1.29, 1.82) is 0 Å². The number of rotatable bonds is 2. The third-order valence-electron chi connectivity index (χ3n) is 2.87. The van der Waals surface area contributed by atoms with Crippen LogP contribution in [0.25, 0.3) is 10.8 Å². The quantitative estimate of drug-likeness (QED) is 0.665.